The fourth-order valence-electron chi connectivity index (χ4n) is 2.84. The zero-order valence-corrected chi connectivity index (χ0v) is 15.3. The van der Waals surface area contributed by atoms with Crippen LogP contribution < -0.4 is 10.1 Å². The first-order chi connectivity index (χ1) is 12.4. The van der Waals surface area contributed by atoms with Gasteiger partial charge in [0.15, 0.2) is 0 Å². The van der Waals surface area contributed by atoms with Gasteiger partial charge in [-0.05, 0) is 30.0 Å². The first kappa shape index (κ1) is 19.4. The number of carbonyl (C=O) groups is 1. The number of methoxy groups -OCH3 is 1. The van der Waals surface area contributed by atoms with Gasteiger partial charge in [-0.2, -0.15) is 0 Å². The highest BCUT2D eigenvalue weighted by Crippen LogP contribution is 2.24. The van der Waals surface area contributed by atoms with E-state index >= 15 is 0 Å². The molecule has 6 heteroatoms. The molecule has 0 aromatic heterocycles. The highest BCUT2D eigenvalue weighted by Gasteiger charge is 2.20. The molecule has 0 aliphatic rings. The topological polar surface area (TPSA) is 81.5 Å². The third-order valence-electron chi connectivity index (χ3n) is 4.10. The molecule has 26 heavy (non-hydrogen) atoms. The molecule has 0 spiro atoms. The standard InChI is InChI=1S/C20H24N2O4/c1-14(2)12-18(15-8-10-17(26-3)11-9-15)21-20(23)13-16-6-4-5-7-19(16)22(24)25/h4-11,14,18H,12-13H2,1-3H3,(H,21,23)/t18-/m1/s1. The van der Waals surface area contributed by atoms with Crippen molar-refractivity contribution in [3.63, 3.8) is 0 Å². The van der Waals surface area contributed by atoms with E-state index < -0.39 is 4.92 Å². The van der Waals surface area contributed by atoms with Gasteiger partial charge in [0.05, 0.1) is 24.5 Å². The molecule has 0 saturated heterocycles. The summed E-state index contributed by atoms with van der Waals surface area (Å²) in [6.07, 6.45) is 0.747. The van der Waals surface area contributed by atoms with Gasteiger partial charge in [-0.15, -0.1) is 0 Å². The number of nitrogens with zero attached hydrogens (tertiary/aromatic N) is 1. The van der Waals surface area contributed by atoms with Gasteiger partial charge in [-0.25, -0.2) is 0 Å². The average Bonchev–Trinajstić information content (AvgIpc) is 2.61. The summed E-state index contributed by atoms with van der Waals surface area (Å²) < 4.78 is 5.17. The van der Waals surface area contributed by atoms with E-state index in [2.05, 4.69) is 19.2 Å². The van der Waals surface area contributed by atoms with Crippen LogP contribution in [0.3, 0.4) is 0 Å². The Morgan fingerprint density at radius 3 is 2.38 bits per heavy atom. The monoisotopic (exact) mass is 356 g/mol. The van der Waals surface area contributed by atoms with Crippen molar-refractivity contribution >= 4 is 11.6 Å². The van der Waals surface area contributed by atoms with E-state index in [0.717, 1.165) is 17.7 Å². The molecule has 6 nitrogen and oxygen atoms in total. The maximum absolute atomic E-state index is 12.5. The van der Waals surface area contributed by atoms with Gasteiger partial charge < -0.3 is 10.1 Å². The number of hydrogen-bond donors (Lipinski definition) is 1. The van der Waals surface area contributed by atoms with Crippen LogP contribution in [0.25, 0.3) is 0 Å². The first-order valence-corrected chi connectivity index (χ1v) is 8.56. The molecule has 0 aliphatic carbocycles. The Hall–Kier alpha value is -2.89. The highest BCUT2D eigenvalue weighted by molar-refractivity contribution is 5.80. The molecule has 2 aromatic rings. The van der Waals surface area contributed by atoms with Gasteiger partial charge in [-0.1, -0.05) is 44.2 Å². The van der Waals surface area contributed by atoms with Crippen LogP contribution in [0, 0.1) is 16.0 Å². The maximum atomic E-state index is 12.5. The van der Waals surface area contributed by atoms with Crippen molar-refractivity contribution in [1.29, 1.82) is 0 Å². The van der Waals surface area contributed by atoms with Crippen LogP contribution in [0.2, 0.25) is 0 Å². The number of ether oxygens (including phenoxy) is 1. The molecular weight excluding hydrogens is 332 g/mol. The fraction of sp³-hybridized carbons (Fsp3) is 0.350. The molecule has 1 atom stereocenters. The van der Waals surface area contributed by atoms with Crippen molar-refractivity contribution in [1.82, 2.24) is 5.32 Å². The lowest BCUT2D eigenvalue weighted by atomic mass is 9.96. The molecule has 0 unspecified atom stereocenters. The molecule has 1 amide bonds. The van der Waals surface area contributed by atoms with E-state index in [1.54, 1.807) is 25.3 Å². The molecule has 0 bridgehead atoms. The van der Waals surface area contributed by atoms with E-state index in [-0.39, 0.29) is 24.1 Å². The third-order valence-corrected chi connectivity index (χ3v) is 4.10. The lowest BCUT2D eigenvalue weighted by Gasteiger charge is -2.21. The smallest absolute Gasteiger partial charge is 0.273 e. The van der Waals surface area contributed by atoms with Gasteiger partial charge in [0, 0.05) is 11.6 Å². The first-order valence-electron chi connectivity index (χ1n) is 8.56. The second-order valence-corrected chi connectivity index (χ2v) is 6.59. The third kappa shape index (κ3) is 5.31. The summed E-state index contributed by atoms with van der Waals surface area (Å²) in [5.74, 6) is 0.900. The Labute approximate surface area is 153 Å². The summed E-state index contributed by atoms with van der Waals surface area (Å²) in [4.78, 5) is 23.2. The molecular formula is C20H24N2O4. The van der Waals surface area contributed by atoms with Crippen LogP contribution >= 0.6 is 0 Å². The van der Waals surface area contributed by atoms with Crippen molar-refractivity contribution in [3.8, 4) is 5.75 Å². The van der Waals surface area contributed by atoms with Crippen LogP contribution in [0.1, 0.15) is 37.4 Å². The fourth-order valence-corrected chi connectivity index (χ4v) is 2.84. The number of benzene rings is 2. The molecule has 0 radical (unpaired) electrons. The van der Waals surface area contributed by atoms with Crippen LogP contribution in [-0.4, -0.2) is 17.9 Å². The van der Waals surface area contributed by atoms with E-state index in [9.17, 15) is 14.9 Å². The maximum Gasteiger partial charge on any atom is 0.273 e. The minimum Gasteiger partial charge on any atom is -0.497 e. The van der Waals surface area contributed by atoms with Crippen LogP contribution in [-0.2, 0) is 11.2 Å². The SMILES string of the molecule is COc1ccc([C@@H](CC(C)C)NC(=O)Cc2ccccc2[N+](=O)[O-])cc1. The van der Waals surface area contributed by atoms with Gasteiger partial charge >= 0.3 is 0 Å². The number of para-hydroxylation sites is 1. The van der Waals surface area contributed by atoms with Crippen molar-refractivity contribution < 1.29 is 14.5 Å². The summed E-state index contributed by atoms with van der Waals surface area (Å²) in [6.45, 7) is 4.18. The normalized spacial score (nSPS) is 11.8. The molecule has 0 fully saturated rings. The summed E-state index contributed by atoms with van der Waals surface area (Å²) in [5.41, 5.74) is 1.36. The number of nitro benzene ring substituents is 1. The lowest BCUT2D eigenvalue weighted by Crippen LogP contribution is -2.31. The van der Waals surface area contributed by atoms with Gasteiger partial charge in [0.25, 0.3) is 5.69 Å². The minimum atomic E-state index is -0.461. The van der Waals surface area contributed by atoms with Gasteiger partial charge in [0.2, 0.25) is 5.91 Å². The predicted molar refractivity (Wildman–Crippen MR) is 100 cm³/mol. The summed E-state index contributed by atoms with van der Waals surface area (Å²) >= 11 is 0. The zero-order valence-electron chi connectivity index (χ0n) is 15.3. The summed E-state index contributed by atoms with van der Waals surface area (Å²) in [6, 6.07) is 13.7. The number of carbonyl (C=O) groups excluding carboxylic acids is 1. The molecule has 2 rings (SSSR count). The minimum absolute atomic E-state index is 0.0259. The Morgan fingerprint density at radius 2 is 1.81 bits per heavy atom. The molecule has 1 N–H and O–H groups in total. The molecule has 2 aromatic carbocycles. The Kier molecular flexibility index (Phi) is 6.72. The van der Waals surface area contributed by atoms with Gasteiger partial charge in [-0.3, -0.25) is 14.9 Å². The molecule has 0 saturated carbocycles. The largest absolute Gasteiger partial charge is 0.497 e. The quantitative estimate of drug-likeness (QED) is 0.571. The van der Waals surface area contributed by atoms with Crippen molar-refractivity contribution in [3.05, 3.63) is 69.8 Å². The van der Waals surface area contributed by atoms with Crippen LogP contribution in [0.4, 0.5) is 5.69 Å². The van der Waals surface area contributed by atoms with E-state index in [4.69, 9.17) is 4.74 Å². The molecule has 138 valence electrons. The lowest BCUT2D eigenvalue weighted by molar-refractivity contribution is -0.385. The van der Waals surface area contributed by atoms with E-state index in [1.807, 2.05) is 24.3 Å². The van der Waals surface area contributed by atoms with E-state index in [1.165, 1.54) is 6.07 Å². The number of nitro groups is 1. The number of hydrogen-bond acceptors (Lipinski definition) is 4. The molecule has 0 aliphatic heterocycles. The predicted octanol–water partition coefficient (Wildman–Crippen LogP) is 4.05. The Balaban J connectivity index is 2.14. The van der Waals surface area contributed by atoms with Crippen molar-refractivity contribution in [2.75, 3.05) is 7.11 Å². The Morgan fingerprint density at radius 1 is 1.15 bits per heavy atom. The second kappa shape index (κ2) is 8.99. The number of amides is 1. The summed E-state index contributed by atoms with van der Waals surface area (Å²) in [7, 11) is 1.61. The van der Waals surface area contributed by atoms with E-state index in [0.29, 0.717) is 11.5 Å². The van der Waals surface area contributed by atoms with Crippen LogP contribution in [0.15, 0.2) is 48.5 Å². The van der Waals surface area contributed by atoms with Crippen molar-refractivity contribution in [2.24, 2.45) is 5.92 Å². The number of nitrogens with one attached hydrogen (secondary N) is 1. The highest BCUT2D eigenvalue weighted by atomic mass is 16.6. The average molecular weight is 356 g/mol. The van der Waals surface area contributed by atoms with Gasteiger partial charge in [0.1, 0.15) is 5.75 Å². The molecule has 0 heterocycles. The summed E-state index contributed by atoms with van der Waals surface area (Å²) in [5, 5.41) is 14.1. The Bertz CT molecular complexity index is 757. The number of rotatable bonds is 8. The van der Waals surface area contributed by atoms with Crippen LogP contribution in [0.5, 0.6) is 5.75 Å². The second-order valence-electron chi connectivity index (χ2n) is 6.59. The zero-order chi connectivity index (χ0) is 19.1. The van der Waals surface area contributed by atoms with Crippen molar-refractivity contribution in [2.45, 2.75) is 32.7 Å².